The van der Waals surface area contributed by atoms with E-state index in [1.807, 2.05) is 35.2 Å². The lowest BCUT2D eigenvalue weighted by molar-refractivity contribution is -0.133. The number of hydrogen-bond acceptors (Lipinski definition) is 2. The van der Waals surface area contributed by atoms with Crippen molar-refractivity contribution in [3.05, 3.63) is 70.5 Å². The molecule has 2 heterocycles. The second-order valence-corrected chi connectivity index (χ2v) is 8.00. The van der Waals surface area contributed by atoms with Crippen LogP contribution in [0.1, 0.15) is 36.8 Å². The van der Waals surface area contributed by atoms with Gasteiger partial charge in [-0.05, 0) is 42.2 Å². The summed E-state index contributed by atoms with van der Waals surface area (Å²) in [4.78, 5) is 16.8. The lowest BCUT2D eigenvalue weighted by Crippen LogP contribution is -2.52. The molecule has 27 heavy (non-hydrogen) atoms. The third-order valence-electron chi connectivity index (χ3n) is 6.00. The molecule has 2 aromatic carbocycles. The van der Waals surface area contributed by atoms with Crippen molar-refractivity contribution in [2.75, 3.05) is 13.1 Å². The standard InChI is InChI=1S/C22H24ClFN2O/c1-15(27)26-12-4-7-21-22(26)19(16-8-10-18(24)11-9-16)14-25(21)13-17-5-2-3-6-20(17)23/h2-3,5-6,8-11,19,21-22H,4,7,12-14H2,1H3/t19-,21-,22-/m1/s1. The highest BCUT2D eigenvalue weighted by atomic mass is 35.5. The molecular formula is C22H24ClFN2O. The highest BCUT2D eigenvalue weighted by molar-refractivity contribution is 6.31. The monoisotopic (exact) mass is 386 g/mol. The van der Waals surface area contributed by atoms with E-state index in [-0.39, 0.29) is 23.7 Å². The van der Waals surface area contributed by atoms with Gasteiger partial charge in [0.05, 0.1) is 6.04 Å². The summed E-state index contributed by atoms with van der Waals surface area (Å²) in [5.41, 5.74) is 2.21. The van der Waals surface area contributed by atoms with Gasteiger partial charge in [-0.15, -0.1) is 0 Å². The Morgan fingerprint density at radius 1 is 1.19 bits per heavy atom. The van der Waals surface area contributed by atoms with E-state index in [4.69, 9.17) is 11.6 Å². The van der Waals surface area contributed by atoms with E-state index in [2.05, 4.69) is 11.0 Å². The van der Waals surface area contributed by atoms with Gasteiger partial charge in [-0.3, -0.25) is 9.69 Å². The Morgan fingerprint density at radius 2 is 1.93 bits per heavy atom. The summed E-state index contributed by atoms with van der Waals surface area (Å²) in [7, 11) is 0. The molecule has 0 aromatic heterocycles. The predicted octanol–water partition coefficient (Wildman–Crippen LogP) is 4.46. The highest BCUT2D eigenvalue weighted by Gasteiger charge is 2.47. The van der Waals surface area contributed by atoms with E-state index in [1.54, 1.807) is 6.92 Å². The fourth-order valence-electron chi connectivity index (χ4n) is 4.79. The number of carbonyl (C=O) groups is 1. The normalized spacial score (nSPS) is 25.4. The van der Waals surface area contributed by atoms with Crippen LogP contribution in [0, 0.1) is 5.82 Å². The summed E-state index contributed by atoms with van der Waals surface area (Å²) in [6.45, 7) is 4.06. The number of halogens is 2. The third kappa shape index (κ3) is 3.61. The van der Waals surface area contributed by atoms with Crippen LogP contribution < -0.4 is 0 Å². The second-order valence-electron chi connectivity index (χ2n) is 7.59. The minimum Gasteiger partial charge on any atom is -0.338 e. The van der Waals surface area contributed by atoms with E-state index < -0.39 is 0 Å². The van der Waals surface area contributed by atoms with Crippen LogP contribution in [-0.4, -0.2) is 40.9 Å². The van der Waals surface area contributed by atoms with Gasteiger partial charge >= 0.3 is 0 Å². The van der Waals surface area contributed by atoms with Crippen LogP contribution in [0.3, 0.4) is 0 Å². The van der Waals surface area contributed by atoms with E-state index in [0.29, 0.717) is 6.04 Å². The summed E-state index contributed by atoms with van der Waals surface area (Å²) in [5.74, 6) is 0.0759. The van der Waals surface area contributed by atoms with Gasteiger partial charge in [0.1, 0.15) is 5.82 Å². The van der Waals surface area contributed by atoms with Gasteiger partial charge in [-0.25, -0.2) is 4.39 Å². The summed E-state index contributed by atoms with van der Waals surface area (Å²) in [6, 6.07) is 15.1. The van der Waals surface area contributed by atoms with Crippen molar-refractivity contribution in [1.29, 1.82) is 0 Å². The largest absolute Gasteiger partial charge is 0.338 e. The maximum Gasteiger partial charge on any atom is 0.219 e. The minimum absolute atomic E-state index is 0.122. The zero-order valence-corrected chi connectivity index (χ0v) is 16.2. The molecule has 2 aromatic rings. The Balaban J connectivity index is 1.67. The quantitative estimate of drug-likeness (QED) is 0.777. The Labute approximate surface area is 164 Å². The maximum absolute atomic E-state index is 13.4. The van der Waals surface area contributed by atoms with Crippen LogP contribution >= 0.6 is 11.6 Å². The number of fused-ring (bicyclic) bond motifs is 1. The van der Waals surface area contributed by atoms with Crippen molar-refractivity contribution in [2.24, 2.45) is 0 Å². The number of carbonyl (C=O) groups excluding carboxylic acids is 1. The first-order chi connectivity index (χ1) is 13.0. The molecule has 3 atom stereocenters. The van der Waals surface area contributed by atoms with Crippen LogP contribution in [0.25, 0.3) is 0 Å². The molecule has 0 N–H and O–H groups in total. The minimum atomic E-state index is -0.228. The molecule has 1 amide bonds. The van der Waals surface area contributed by atoms with Crippen LogP contribution in [0.15, 0.2) is 48.5 Å². The molecule has 142 valence electrons. The Hall–Kier alpha value is -1.91. The fourth-order valence-corrected chi connectivity index (χ4v) is 4.98. The predicted molar refractivity (Wildman–Crippen MR) is 105 cm³/mol. The van der Waals surface area contributed by atoms with Crippen LogP contribution in [0.5, 0.6) is 0 Å². The van der Waals surface area contributed by atoms with E-state index in [0.717, 1.165) is 48.6 Å². The number of piperidine rings is 1. The number of rotatable bonds is 3. The van der Waals surface area contributed by atoms with Crippen molar-refractivity contribution in [3.8, 4) is 0 Å². The third-order valence-corrected chi connectivity index (χ3v) is 6.37. The average Bonchev–Trinajstić information content (AvgIpc) is 3.03. The van der Waals surface area contributed by atoms with Gasteiger partial charge in [0.2, 0.25) is 5.91 Å². The van der Waals surface area contributed by atoms with Gasteiger partial charge in [0.25, 0.3) is 0 Å². The Kier molecular flexibility index (Phi) is 5.20. The number of nitrogens with zero attached hydrogens (tertiary/aromatic N) is 2. The number of benzene rings is 2. The summed E-state index contributed by atoms with van der Waals surface area (Å²) in [6.07, 6.45) is 2.08. The first-order valence-corrected chi connectivity index (χ1v) is 9.92. The summed E-state index contributed by atoms with van der Waals surface area (Å²) in [5, 5.41) is 0.776. The zero-order chi connectivity index (χ0) is 19.0. The van der Waals surface area contributed by atoms with Crippen LogP contribution in [0.2, 0.25) is 5.02 Å². The molecular weight excluding hydrogens is 363 g/mol. The van der Waals surface area contributed by atoms with Crippen molar-refractivity contribution in [3.63, 3.8) is 0 Å². The van der Waals surface area contributed by atoms with Gasteiger partial charge in [0, 0.05) is 43.5 Å². The molecule has 3 nitrogen and oxygen atoms in total. The lowest BCUT2D eigenvalue weighted by Gasteiger charge is -2.41. The number of hydrogen-bond donors (Lipinski definition) is 0. The molecule has 0 unspecified atom stereocenters. The van der Waals surface area contributed by atoms with Crippen molar-refractivity contribution in [2.45, 2.75) is 44.3 Å². The van der Waals surface area contributed by atoms with E-state index >= 15 is 0 Å². The lowest BCUT2D eigenvalue weighted by atomic mass is 9.86. The molecule has 2 saturated heterocycles. The molecule has 0 bridgehead atoms. The Morgan fingerprint density at radius 3 is 2.63 bits per heavy atom. The molecule has 2 aliphatic rings. The number of amides is 1. The Bertz CT molecular complexity index is 825. The molecule has 0 aliphatic carbocycles. The highest BCUT2D eigenvalue weighted by Crippen LogP contribution is 2.41. The van der Waals surface area contributed by atoms with Crippen molar-refractivity contribution >= 4 is 17.5 Å². The molecule has 4 rings (SSSR count). The first kappa shape index (κ1) is 18.5. The van der Waals surface area contributed by atoms with Crippen molar-refractivity contribution in [1.82, 2.24) is 9.80 Å². The van der Waals surface area contributed by atoms with Crippen LogP contribution in [-0.2, 0) is 11.3 Å². The molecule has 0 spiro atoms. The summed E-state index contributed by atoms with van der Waals surface area (Å²) >= 11 is 6.39. The molecule has 2 aliphatic heterocycles. The van der Waals surface area contributed by atoms with Crippen LogP contribution in [0.4, 0.5) is 4.39 Å². The van der Waals surface area contributed by atoms with E-state index in [9.17, 15) is 9.18 Å². The molecule has 0 saturated carbocycles. The van der Waals surface area contributed by atoms with Crippen molar-refractivity contribution < 1.29 is 9.18 Å². The average molecular weight is 387 g/mol. The maximum atomic E-state index is 13.4. The van der Waals surface area contributed by atoms with Gasteiger partial charge < -0.3 is 4.90 Å². The SMILES string of the molecule is CC(=O)N1CCC[C@@H]2[C@H]1[C@@H](c1ccc(F)cc1)CN2Cc1ccccc1Cl. The summed E-state index contributed by atoms with van der Waals surface area (Å²) < 4.78 is 13.4. The van der Waals surface area contributed by atoms with E-state index in [1.165, 1.54) is 12.1 Å². The zero-order valence-electron chi connectivity index (χ0n) is 15.4. The topological polar surface area (TPSA) is 23.6 Å². The van der Waals surface area contributed by atoms with Gasteiger partial charge in [-0.1, -0.05) is 41.9 Å². The smallest absolute Gasteiger partial charge is 0.219 e. The second kappa shape index (κ2) is 7.61. The fraction of sp³-hybridized carbons (Fsp3) is 0.409. The first-order valence-electron chi connectivity index (χ1n) is 9.54. The molecule has 0 radical (unpaired) electrons. The molecule has 5 heteroatoms. The van der Waals surface area contributed by atoms with Gasteiger partial charge in [-0.2, -0.15) is 0 Å². The number of likely N-dealkylation sites (tertiary alicyclic amines) is 2. The van der Waals surface area contributed by atoms with Gasteiger partial charge in [0.15, 0.2) is 0 Å². The molecule has 2 fully saturated rings.